The van der Waals surface area contributed by atoms with Gasteiger partial charge < -0.3 is 9.47 Å². The van der Waals surface area contributed by atoms with Crippen molar-refractivity contribution in [3.63, 3.8) is 0 Å². The molecule has 0 unspecified atom stereocenters. The van der Waals surface area contributed by atoms with E-state index in [0.29, 0.717) is 17.1 Å². The van der Waals surface area contributed by atoms with Gasteiger partial charge in [0.05, 0.1) is 25.3 Å². The van der Waals surface area contributed by atoms with Crippen molar-refractivity contribution >= 4 is 28.0 Å². The molecule has 3 aromatic rings. The number of amides is 1. The molecule has 1 aromatic heterocycles. The van der Waals surface area contributed by atoms with Crippen LogP contribution in [-0.4, -0.2) is 46.3 Å². The Morgan fingerprint density at radius 1 is 1.03 bits per heavy atom. The van der Waals surface area contributed by atoms with Crippen LogP contribution in [0.4, 0.5) is 5.82 Å². The smallest absolute Gasteiger partial charge is 0.265 e. The quantitative estimate of drug-likeness (QED) is 0.393. The second kappa shape index (κ2) is 10.4. The van der Waals surface area contributed by atoms with Crippen molar-refractivity contribution in [1.29, 1.82) is 0 Å². The molecule has 9 nitrogen and oxygen atoms in total. The Balaban J connectivity index is 1.81. The lowest BCUT2D eigenvalue weighted by atomic mass is 10.2. The number of hydrogen-bond acceptors (Lipinski definition) is 7. The Bertz CT molecular complexity index is 1190. The lowest BCUT2D eigenvalue weighted by Gasteiger charge is -2.22. The van der Waals surface area contributed by atoms with Gasteiger partial charge in [-0.05, 0) is 36.4 Å². The molecule has 166 valence electrons. The van der Waals surface area contributed by atoms with Gasteiger partial charge in [-0.3, -0.25) is 4.79 Å². The molecule has 0 saturated heterocycles. The summed E-state index contributed by atoms with van der Waals surface area (Å²) >= 11 is 0. The van der Waals surface area contributed by atoms with Gasteiger partial charge in [0.1, 0.15) is 12.4 Å². The Kier molecular flexibility index (Phi) is 7.40. The number of methoxy groups -OCH3 is 2. The number of rotatable bonds is 9. The van der Waals surface area contributed by atoms with Crippen LogP contribution in [0.3, 0.4) is 0 Å². The van der Waals surface area contributed by atoms with Gasteiger partial charge in [-0.15, -0.1) is 0 Å². The fraction of sp³-hybridized carbons (Fsp3) is 0.136. The molecule has 1 heterocycles. The molecule has 32 heavy (non-hydrogen) atoms. The number of pyridine rings is 1. The second-order valence-electron chi connectivity index (χ2n) is 6.39. The number of hydrazone groups is 1. The van der Waals surface area contributed by atoms with Crippen LogP contribution < -0.4 is 19.2 Å². The zero-order chi connectivity index (χ0) is 23.0. The molecule has 0 bridgehead atoms. The fourth-order valence-electron chi connectivity index (χ4n) is 2.86. The van der Waals surface area contributed by atoms with Crippen LogP contribution in [0.25, 0.3) is 0 Å². The van der Waals surface area contributed by atoms with E-state index in [2.05, 4.69) is 15.5 Å². The van der Waals surface area contributed by atoms with E-state index in [9.17, 15) is 13.2 Å². The highest BCUT2D eigenvalue weighted by Crippen LogP contribution is 2.29. The Morgan fingerprint density at radius 3 is 2.44 bits per heavy atom. The van der Waals surface area contributed by atoms with Gasteiger partial charge >= 0.3 is 0 Å². The van der Waals surface area contributed by atoms with Crippen molar-refractivity contribution in [3.05, 3.63) is 78.5 Å². The fourth-order valence-corrected chi connectivity index (χ4v) is 4.26. The number of para-hydroxylation sites is 1. The van der Waals surface area contributed by atoms with Gasteiger partial charge in [0.2, 0.25) is 0 Å². The van der Waals surface area contributed by atoms with Crippen molar-refractivity contribution in [1.82, 2.24) is 10.4 Å². The molecule has 0 fully saturated rings. The summed E-state index contributed by atoms with van der Waals surface area (Å²) in [5, 5.41) is 3.93. The number of carbonyl (C=O) groups excluding carboxylic acids is 1. The van der Waals surface area contributed by atoms with Crippen LogP contribution in [0.1, 0.15) is 5.56 Å². The van der Waals surface area contributed by atoms with E-state index in [1.54, 1.807) is 48.5 Å². The molecular weight excluding hydrogens is 432 g/mol. The summed E-state index contributed by atoms with van der Waals surface area (Å²) in [5.41, 5.74) is 2.92. The average Bonchev–Trinajstić information content (AvgIpc) is 2.83. The maximum absolute atomic E-state index is 13.2. The third kappa shape index (κ3) is 5.22. The summed E-state index contributed by atoms with van der Waals surface area (Å²) < 4.78 is 37.8. The summed E-state index contributed by atoms with van der Waals surface area (Å²) in [5.74, 6) is 0.436. The third-order valence-corrected chi connectivity index (χ3v) is 6.11. The predicted molar refractivity (Wildman–Crippen MR) is 120 cm³/mol. The summed E-state index contributed by atoms with van der Waals surface area (Å²) in [4.78, 5) is 16.7. The van der Waals surface area contributed by atoms with E-state index >= 15 is 0 Å². The minimum Gasteiger partial charge on any atom is -0.493 e. The SMILES string of the molecule is COc1cccc(/C=N\NC(=O)CN(c2ccccn2)S(=O)(=O)c2ccccc2)c1OC. The number of benzene rings is 2. The van der Waals surface area contributed by atoms with E-state index in [-0.39, 0.29) is 10.7 Å². The number of ether oxygens (including phenoxy) is 2. The molecule has 1 N–H and O–H groups in total. The van der Waals surface area contributed by atoms with E-state index < -0.39 is 22.5 Å². The topological polar surface area (TPSA) is 110 Å². The summed E-state index contributed by atoms with van der Waals surface area (Å²) in [6.07, 6.45) is 2.84. The Hall–Kier alpha value is -3.92. The zero-order valence-corrected chi connectivity index (χ0v) is 18.3. The molecular formula is C22H22N4O5S. The largest absolute Gasteiger partial charge is 0.493 e. The van der Waals surface area contributed by atoms with E-state index in [0.717, 1.165) is 4.31 Å². The van der Waals surface area contributed by atoms with Gasteiger partial charge in [-0.1, -0.05) is 30.3 Å². The summed E-state index contributed by atoms with van der Waals surface area (Å²) in [6, 6.07) is 17.8. The maximum atomic E-state index is 13.2. The second-order valence-corrected chi connectivity index (χ2v) is 8.25. The molecule has 0 aliphatic heterocycles. The zero-order valence-electron chi connectivity index (χ0n) is 17.5. The molecule has 0 spiro atoms. The van der Waals surface area contributed by atoms with E-state index in [4.69, 9.17) is 9.47 Å². The molecule has 10 heteroatoms. The Morgan fingerprint density at radius 2 is 1.78 bits per heavy atom. The van der Waals surface area contributed by atoms with Crippen LogP contribution in [0.15, 0.2) is 82.9 Å². The van der Waals surface area contributed by atoms with Gasteiger partial charge in [0.15, 0.2) is 11.5 Å². The molecule has 0 aliphatic rings. The molecule has 0 radical (unpaired) electrons. The van der Waals surface area contributed by atoms with Crippen molar-refractivity contribution in [2.24, 2.45) is 5.10 Å². The van der Waals surface area contributed by atoms with Gasteiger partial charge in [-0.2, -0.15) is 5.10 Å². The van der Waals surface area contributed by atoms with Crippen molar-refractivity contribution < 1.29 is 22.7 Å². The first-order valence-electron chi connectivity index (χ1n) is 9.49. The summed E-state index contributed by atoms with van der Waals surface area (Å²) in [6.45, 7) is -0.513. The number of aromatic nitrogens is 1. The molecule has 0 aliphatic carbocycles. The predicted octanol–water partition coefficient (Wildman–Crippen LogP) is 2.44. The number of anilines is 1. The number of nitrogens with zero attached hydrogens (tertiary/aromatic N) is 3. The first kappa shape index (κ1) is 22.8. The number of sulfonamides is 1. The van der Waals surface area contributed by atoms with Crippen molar-refractivity contribution in [2.45, 2.75) is 4.90 Å². The first-order chi connectivity index (χ1) is 15.5. The lowest BCUT2D eigenvalue weighted by Crippen LogP contribution is -2.40. The number of hydrogen-bond donors (Lipinski definition) is 1. The number of nitrogens with one attached hydrogen (secondary N) is 1. The maximum Gasteiger partial charge on any atom is 0.265 e. The minimum absolute atomic E-state index is 0.0445. The first-order valence-corrected chi connectivity index (χ1v) is 10.9. The molecule has 1 amide bonds. The Labute approximate surface area is 186 Å². The highest BCUT2D eigenvalue weighted by atomic mass is 32.2. The molecule has 0 saturated carbocycles. The van der Waals surface area contributed by atoms with Crippen molar-refractivity contribution in [2.75, 3.05) is 25.1 Å². The monoisotopic (exact) mass is 454 g/mol. The van der Waals surface area contributed by atoms with Gasteiger partial charge in [0, 0.05) is 11.8 Å². The van der Waals surface area contributed by atoms with Crippen LogP contribution in [0, 0.1) is 0 Å². The highest BCUT2D eigenvalue weighted by Gasteiger charge is 2.27. The standard InChI is InChI=1S/C22H22N4O5S/c1-30-19-12-8-9-17(22(19)31-2)15-24-25-21(27)16-26(20-13-6-7-14-23-20)32(28,29)18-10-4-3-5-11-18/h3-15H,16H2,1-2H3,(H,25,27)/b24-15-. The van der Waals surface area contributed by atoms with Crippen molar-refractivity contribution in [3.8, 4) is 11.5 Å². The number of carbonyl (C=O) groups is 1. The van der Waals surface area contributed by atoms with Crippen LogP contribution in [-0.2, 0) is 14.8 Å². The van der Waals surface area contributed by atoms with Crippen LogP contribution >= 0.6 is 0 Å². The highest BCUT2D eigenvalue weighted by molar-refractivity contribution is 7.92. The lowest BCUT2D eigenvalue weighted by molar-refractivity contribution is -0.119. The van der Waals surface area contributed by atoms with Gasteiger partial charge in [-0.25, -0.2) is 23.1 Å². The van der Waals surface area contributed by atoms with Gasteiger partial charge in [0.25, 0.3) is 15.9 Å². The normalized spacial score (nSPS) is 11.2. The minimum atomic E-state index is -4.02. The third-order valence-electron chi connectivity index (χ3n) is 4.35. The van der Waals surface area contributed by atoms with Crippen LogP contribution in [0.2, 0.25) is 0 Å². The average molecular weight is 455 g/mol. The molecule has 2 aromatic carbocycles. The van der Waals surface area contributed by atoms with Crippen LogP contribution in [0.5, 0.6) is 11.5 Å². The van der Waals surface area contributed by atoms with E-state index in [1.165, 1.54) is 44.8 Å². The molecule has 3 rings (SSSR count). The molecule has 0 atom stereocenters. The van der Waals surface area contributed by atoms with E-state index in [1.807, 2.05) is 0 Å². The summed E-state index contributed by atoms with van der Waals surface area (Å²) in [7, 11) is -1.02.